The van der Waals surface area contributed by atoms with Gasteiger partial charge in [0.05, 0.1) is 25.6 Å². The summed E-state index contributed by atoms with van der Waals surface area (Å²) in [6.07, 6.45) is 1.44. The van der Waals surface area contributed by atoms with Crippen LogP contribution in [0.5, 0.6) is 5.75 Å². The van der Waals surface area contributed by atoms with Crippen LogP contribution < -0.4 is 4.74 Å². The zero-order valence-electron chi connectivity index (χ0n) is 28.0. The van der Waals surface area contributed by atoms with Gasteiger partial charge in [-0.15, -0.1) is 0 Å². The van der Waals surface area contributed by atoms with Crippen molar-refractivity contribution in [2.45, 2.75) is 141 Å². The van der Waals surface area contributed by atoms with E-state index in [-0.39, 0.29) is 18.6 Å². The minimum absolute atomic E-state index is 0.0693. The number of allylic oxidation sites excluding steroid dienone is 1. The van der Waals surface area contributed by atoms with Crippen molar-refractivity contribution in [1.82, 2.24) is 0 Å². The smallest absolute Gasteiger partial charge is 0.304 e. The Labute approximate surface area is 252 Å². The molecule has 0 spiro atoms. The molecule has 234 valence electrons. The number of methoxy groups -OCH3 is 1. The normalized spacial score (nSPS) is 19.3. The molecule has 0 amide bonds. The predicted molar refractivity (Wildman–Crippen MR) is 174 cm³/mol. The van der Waals surface area contributed by atoms with E-state index in [0.717, 1.165) is 11.3 Å². The molecule has 0 saturated heterocycles. The molecule has 41 heavy (non-hydrogen) atoms. The maximum Gasteiger partial charge on any atom is 0.304 e. The van der Waals surface area contributed by atoms with Gasteiger partial charge < -0.3 is 23.4 Å². The zero-order chi connectivity index (χ0) is 31.3. The van der Waals surface area contributed by atoms with Crippen molar-refractivity contribution < 1.29 is 28.2 Å². The van der Waals surface area contributed by atoms with Crippen molar-refractivity contribution in [2.24, 2.45) is 0 Å². The lowest BCUT2D eigenvalue weighted by atomic mass is 9.91. The summed E-state index contributed by atoms with van der Waals surface area (Å²) >= 11 is 0. The second-order valence-electron chi connectivity index (χ2n) is 13.7. The number of aliphatic carboxylic acids is 1. The second-order valence-corrected chi connectivity index (χ2v) is 24.5. The highest BCUT2D eigenvalue weighted by molar-refractivity contribution is 6.78. The van der Waals surface area contributed by atoms with Crippen LogP contribution in [0.1, 0.15) is 101 Å². The van der Waals surface area contributed by atoms with E-state index in [0.29, 0.717) is 45.6 Å². The van der Waals surface area contributed by atoms with Gasteiger partial charge in [0.1, 0.15) is 24.2 Å². The Balaban J connectivity index is 2.70. The zero-order valence-corrected chi connectivity index (χ0v) is 30.0. The maximum atomic E-state index is 12.1. The average molecular weight is 607 g/mol. The van der Waals surface area contributed by atoms with Crippen LogP contribution >= 0.6 is 0 Å². The SMILES string of the molecule is COc1ccc([C@H](CC(=O)O)C2=C[C@@H](O[Si](C(C)C)(C(C)C)C(C)C)[C@H](O[Si](C(C)C)(C(C)C)C(C)C)CO2)cc1. The van der Waals surface area contributed by atoms with Crippen LogP contribution in [-0.2, 0) is 18.4 Å². The molecule has 0 bridgehead atoms. The summed E-state index contributed by atoms with van der Waals surface area (Å²) in [6.45, 7) is 27.9. The molecule has 0 fully saturated rings. The number of rotatable bonds is 15. The molecular weight excluding hydrogens is 549 g/mol. The summed E-state index contributed by atoms with van der Waals surface area (Å²) in [5, 5.41) is 9.88. The summed E-state index contributed by atoms with van der Waals surface area (Å²) in [5.41, 5.74) is 3.37. The number of carboxylic acid groups (broad SMARTS) is 1. The highest BCUT2D eigenvalue weighted by Crippen LogP contribution is 2.47. The van der Waals surface area contributed by atoms with E-state index in [1.54, 1.807) is 7.11 Å². The van der Waals surface area contributed by atoms with Gasteiger partial charge in [-0.3, -0.25) is 4.79 Å². The van der Waals surface area contributed by atoms with Gasteiger partial charge in [0.15, 0.2) is 0 Å². The molecule has 1 N–H and O–H groups in total. The van der Waals surface area contributed by atoms with Gasteiger partial charge in [-0.2, -0.15) is 0 Å². The van der Waals surface area contributed by atoms with E-state index in [4.69, 9.17) is 18.3 Å². The fourth-order valence-corrected chi connectivity index (χ4v) is 18.8. The Kier molecular flexibility index (Phi) is 12.8. The van der Waals surface area contributed by atoms with Crippen molar-refractivity contribution in [2.75, 3.05) is 13.7 Å². The minimum Gasteiger partial charge on any atom is -0.497 e. The molecule has 0 aliphatic carbocycles. The molecular formula is C33H58O6Si2. The van der Waals surface area contributed by atoms with E-state index >= 15 is 0 Å². The molecule has 0 radical (unpaired) electrons. The Hall–Kier alpha value is -1.62. The van der Waals surface area contributed by atoms with Gasteiger partial charge in [-0.1, -0.05) is 95.2 Å². The lowest BCUT2D eigenvalue weighted by Gasteiger charge is -2.50. The van der Waals surface area contributed by atoms with Crippen molar-refractivity contribution >= 4 is 22.6 Å². The molecule has 6 nitrogen and oxygen atoms in total. The summed E-state index contributed by atoms with van der Waals surface area (Å²) in [6, 6.07) is 7.60. The Morgan fingerprint density at radius 1 is 0.805 bits per heavy atom. The van der Waals surface area contributed by atoms with Crippen LogP contribution in [0.3, 0.4) is 0 Å². The third-order valence-corrected chi connectivity index (χ3v) is 21.7. The van der Waals surface area contributed by atoms with E-state index in [1.807, 2.05) is 24.3 Å². The average Bonchev–Trinajstić information content (AvgIpc) is 2.88. The van der Waals surface area contributed by atoms with Gasteiger partial charge in [-0.05, 0) is 57.0 Å². The maximum absolute atomic E-state index is 12.1. The molecule has 0 saturated carbocycles. The van der Waals surface area contributed by atoms with Gasteiger partial charge >= 0.3 is 5.97 Å². The first-order valence-corrected chi connectivity index (χ1v) is 19.9. The van der Waals surface area contributed by atoms with Gasteiger partial charge in [0, 0.05) is 0 Å². The molecule has 0 aromatic heterocycles. The lowest BCUT2D eigenvalue weighted by molar-refractivity contribution is -0.137. The third kappa shape index (κ3) is 7.67. The largest absolute Gasteiger partial charge is 0.497 e. The second kappa shape index (κ2) is 14.7. The summed E-state index contributed by atoms with van der Waals surface area (Å²) in [4.78, 5) is 12.1. The van der Waals surface area contributed by atoms with Crippen molar-refractivity contribution in [3.63, 3.8) is 0 Å². The number of carbonyl (C=O) groups is 1. The fourth-order valence-electron chi connectivity index (χ4n) is 7.73. The van der Waals surface area contributed by atoms with E-state index in [2.05, 4.69) is 89.2 Å². The lowest BCUT2D eigenvalue weighted by Crippen LogP contribution is -2.58. The molecule has 3 atom stereocenters. The number of carboxylic acids is 1. The molecule has 2 rings (SSSR count). The van der Waals surface area contributed by atoms with Crippen LogP contribution in [0.15, 0.2) is 36.1 Å². The highest BCUT2D eigenvalue weighted by Gasteiger charge is 2.52. The Morgan fingerprint density at radius 3 is 1.63 bits per heavy atom. The number of ether oxygens (including phenoxy) is 2. The van der Waals surface area contributed by atoms with Crippen LogP contribution in [0, 0.1) is 0 Å². The van der Waals surface area contributed by atoms with Crippen LogP contribution in [0.2, 0.25) is 33.2 Å². The molecule has 1 aromatic carbocycles. The molecule has 1 heterocycles. The molecule has 1 aliphatic heterocycles. The molecule has 8 heteroatoms. The highest BCUT2D eigenvalue weighted by atomic mass is 28.4. The van der Waals surface area contributed by atoms with Crippen molar-refractivity contribution in [3.05, 3.63) is 41.7 Å². The predicted octanol–water partition coefficient (Wildman–Crippen LogP) is 9.29. The van der Waals surface area contributed by atoms with Crippen LogP contribution in [0.4, 0.5) is 0 Å². The summed E-state index contributed by atoms with van der Waals surface area (Å²) < 4.78 is 26.6. The number of hydrogen-bond donors (Lipinski definition) is 1. The van der Waals surface area contributed by atoms with Gasteiger partial charge in [-0.25, -0.2) is 0 Å². The number of benzene rings is 1. The van der Waals surface area contributed by atoms with E-state index in [1.165, 1.54) is 0 Å². The topological polar surface area (TPSA) is 74.2 Å². The van der Waals surface area contributed by atoms with Crippen molar-refractivity contribution in [1.29, 1.82) is 0 Å². The summed E-state index contributed by atoms with van der Waals surface area (Å²) in [7, 11) is -2.92. The molecule has 1 aliphatic rings. The first-order chi connectivity index (χ1) is 19.0. The standard InChI is InChI=1S/C33H58O6Si2/c1-21(2)40(22(3)4,23(5)6)38-31-19-30(29(18-33(34)35)27-14-16-28(36-13)17-15-27)37-20-32(31)39-41(24(7)8,25(9)10)26(11)12/h14-17,19,21-26,29,31-32H,18,20H2,1-13H3,(H,34,35)/t29-,31+,32+/m0/s1. The Bertz CT molecular complexity index is 956. The fraction of sp³-hybridized carbons (Fsp3) is 0.727. The summed E-state index contributed by atoms with van der Waals surface area (Å²) in [5.74, 6) is 0.0933. The quantitative estimate of drug-likeness (QED) is 0.201. The van der Waals surface area contributed by atoms with Gasteiger partial charge in [0.25, 0.3) is 0 Å². The van der Waals surface area contributed by atoms with Crippen LogP contribution in [-0.4, -0.2) is 53.6 Å². The first-order valence-electron chi connectivity index (χ1n) is 15.6. The van der Waals surface area contributed by atoms with Crippen molar-refractivity contribution in [3.8, 4) is 5.75 Å². The monoisotopic (exact) mass is 606 g/mol. The first kappa shape index (κ1) is 35.6. The molecule has 0 unspecified atom stereocenters. The molecule has 1 aromatic rings. The van der Waals surface area contributed by atoms with E-state index < -0.39 is 28.5 Å². The minimum atomic E-state index is -2.30. The van der Waals surface area contributed by atoms with E-state index in [9.17, 15) is 9.90 Å². The Morgan fingerprint density at radius 2 is 1.24 bits per heavy atom. The number of hydrogen-bond acceptors (Lipinski definition) is 5. The van der Waals surface area contributed by atoms with Gasteiger partial charge in [0.2, 0.25) is 16.6 Å². The third-order valence-electron chi connectivity index (χ3n) is 9.46. The van der Waals surface area contributed by atoms with Crippen LogP contribution in [0.25, 0.3) is 0 Å².